The van der Waals surface area contributed by atoms with E-state index in [-0.39, 0.29) is 5.69 Å². The number of anilines is 1. The zero-order chi connectivity index (χ0) is 13.1. The van der Waals surface area contributed by atoms with Gasteiger partial charge in [-0.2, -0.15) is 0 Å². The molecule has 1 fully saturated rings. The molecule has 1 aliphatic rings. The van der Waals surface area contributed by atoms with Crippen molar-refractivity contribution in [2.24, 2.45) is 5.92 Å². The Hall–Kier alpha value is -1.16. The van der Waals surface area contributed by atoms with Crippen LogP contribution in [-0.4, -0.2) is 31.6 Å². The molecule has 0 radical (unpaired) electrons. The van der Waals surface area contributed by atoms with Crippen molar-refractivity contribution >= 4 is 5.69 Å². The maximum absolute atomic E-state index is 13.8. The summed E-state index contributed by atoms with van der Waals surface area (Å²) in [6.45, 7) is 4.38. The van der Waals surface area contributed by atoms with Gasteiger partial charge < -0.3 is 10.2 Å². The average Bonchev–Trinajstić information content (AvgIpc) is 2.34. The molecule has 4 heteroatoms. The fraction of sp³-hybridized carbons (Fsp3) is 0.571. The van der Waals surface area contributed by atoms with Gasteiger partial charge in [0.25, 0.3) is 0 Å². The van der Waals surface area contributed by atoms with Crippen LogP contribution in [0.4, 0.5) is 14.5 Å². The quantitative estimate of drug-likeness (QED) is 0.892. The molecular weight excluding hydrogens is 234 g/mol. The lowest BCUT2D eigenvalue weighted by molar-refractivity contribution is 0.217. The molecule has 2 nitrogen and oxygen atoms in total. The van der Waals surface area contributed by atoms with Gasteiger partial charge in [-0.1, -0.05) is 6.07 Å². The molecule has 0 spiro atoms. The molecule has 1 heterocycles. The predicted octanol–water partition coefficient (Wildman–Crippen LogP) is 3.03. The lowest BCUT2D eigenvalue weighted by Crippen LogP contribution is -2.35. The number of halogens is 2. The zero-order valence-corrected chi connectivity index (χ0v) is 11.0. The van der Waals surface area contributed by atoms with Crippen LogP contribution in [0.1, 0.15) is 18.4 Å². The normalized spacial score (nSPS) is 21.0. The highest BCUT2D eigenvalue weighted by Gasteiger charge is 2.18. The highest BCUT2D eigenvalue weighted by atomic mass is 19.1. The van der Waals surface area contributed by atoms with Gasteiger partial charge in [-0.05, 0) is 50.9 Å². The molecule has 1 saturated heterocycles. The Morgan fingerprint density at radius 2 is 2.17 bits per heavy atom. The fourth-order valence-corrected chi connectivity index (χ4v) is 2.50. The van der Waals surface area contributed by atoms with E-state index >= 15 is 0 Å². The zero-order valence-electron chi connectivity index (χ0n) is 11.0. The first-order valence-electron chi connectivity index (χ1n) is 6.45. The minimum absolute atomic E-state index is 0.0169. The molecule has 1 aromatic carbocycles. The van der Waals surface area contributed by atoms with Crippen molar-refractivity contribution in [1.82, 2.24) is 4.90 Å². The molecule has 0 amide bonds. The van der Waals surface area contributed by atoms with Gasteiger partial charge in [-0.3, -0.25) is 0 Å². The summed E-state index contributed by atoms with van der Waals surface area (Å²) < 4.78 is 27.3. The van der Waals surface area contributed by atoms with Gasteiger partial charge in [0.1, 0.15) is 11.5 Å². The van der Waals surface area contributed by atoms with E-state index < -0.39 is 11.6 Å². The number of hydrogen-bond acceptors (Lipinski definition) is 2. The van der Waals surface area contributed by atoms with Crippen LogP contribution in [-0.2, 0) is 0 Å². The largest absolute Gasteiger partial charge is 0.380 e. The predicted molar refractivity (Wildman–Crippen MR) is 69.8 cm³/mol. The lowest BCUT2D eigenvalue weighted by Gasteiger charge is -2.30. The maximum atomic E-state index is 13.8. The summed E-state index contributed by atoms with van der Waals surface area (Å²) in [5.41, 5.74) is 0.489. The fourth-order valence-electron chi connectivity index (χ4n) is 2.50. The third-order valence-electron chi connectivity index (χ3n) is 3.57. The Labute approximate surface area is 107 Å². The Balaban J connectivity index is 1.99. The van der Waals surface area contributed by atoms with Crippen molar-refractivity contribution in [2.75, 3.05) is 32.0 Å². The van der Waals surface area contributed by atoms with Gasteiger partial charge >= 0.3 is 0 Å². The van der Waals surface area contributed by atoms with Crippen LogP contribution >= 0.6 is 0 Å². The first kappa shape index (κ1) is 13.3. The number of aryl methyl sites for hydroxylation is 1. The molecule has 1 aromatic rings. The van der Waals surface area contributed by atoms with E-state index in [0.717, 1.165) is 25.9 Å². The molecular formula is C14H20F2N2. The van der Waals surface area contributed by atoms with Crippen LogP contribution in [0, 0.1) is 24.5 Å². The van der Waals surface area contributed by atoms with Crippen LogP contribution in [0.25, 0.3) is 0 Å². The molecule has 0 bridgehead atoms. The molecule has 2 rings (SSSR count). The van der Waals surface area contributed by atoms with Gasteiger partial charge in [0.05, 0.1) is 0 Å². The first-order valence-corrected chi connectivity index (χ1v) is 6.45. The van der Waals surface area contributed by atoms with Gasteiger partial charge in [0.2, 0.25) is 0 Å². The molecule has 0 aromatic heterocycles. The van der Waals surface area contributed by atoms with Crippen molar-refractivity contribution in [2.45, 2.75) is 19.8 Å². The van der Waals surface area contributed by atoms with E-state index in [9.17, 15) is 8.78 Å². The number of benzene rings is 1. The van der Waals surface area contributed by atoms with Crippen molar-refractivity contribution in [3.8, 4) is 0 Å². The maximum Gasteiger partial charge on any atom is 0.152 e. The SMILES string of the molecule is Cc1ccc(F)c(NCC2CCCN(C)C2)c1F. The summed E-state index contributed by atoms with van der Waals surface area (Å²) in [5, 5.41) is 2.94. The number of piperidine rings is 1. The highest BCUT2D eigenvalue weighted by Crippen LogP contribution is 2.23. The number of rotatable bonds is 3. The number of hydrogen-bond donors (Lipinski definition) is 1. The molecule has 0 aliphatic carbocycles. The van der Waals surface area contributed by atoms with Crippen molar-refractivity contribution in [1.29, 1.82) is 0 Å². The monoisotopic (exact) mass is 254 g/mol. The second-order valence-corrected chi connectivity index (χ2v) is 5.20. The molecule has 0 saturated carbocycles. The molecule has 1 aliphatic heterocycles. The van der Waals surface area contributed by atoms with E-state index in [1.165, 1.54) is 12.1 Å². The summed E-state index contributed by atoms with van der Waals surface area (Å²) in [7, 11) is 2.08. The van der Waals surface area contributed by atoms with E-state index in [1.807, 2.05) is 0 Å². The van der Waals surface area contributed by atoms with Crippen LogP contribution in [0.15, 0.2) is 12.1 Å². The van der Waals surface area contributed by atoms with Crippen molar-refractivity contribution in [3.63, 3.8) is 0 Å². The number of nitrogens with one attached hydrogen (secondary N) is 1. The van der Waals surface area contributed by atoms with Gasteiger partial charge in [0.15, 0.2) is 5.82 Å². The first-order chi connectivity index (χ1) is 8.58. The third-order valence-corrected chi connectivity index (χ3v) is 3.57. The Morgan fingerprint density at radius 1 is 1.39 bits per heavy atom. The Morgan fingerprint density at radius 3 is 2.89 bits per heavy atom. The highest BCUT2D eigenvalue weighted by molar-refractivity contribution is 5.48. The van der Waals surface area contributed by atoms with Gasteiger partial charge in [0, 0.05) is 13.1 Å². The molecule has 1 unspecified atom stereocenters. The lowest BCUT2D eigenvalue weighted by atomic mass is 9.98. The van der Waals surface area contributed by atoms with Gasteiger partial charge in [-0.25, -0.2) is 8.78 Å². The number of likely N-dealkylation sites (tertiary alicyclic amines) is 1. The van der Waals surface area contributed by atoms with Crippen LogP contribution in [0.3, 0.4) is 0 Å². The minimum Gasteiger partial charge on any atom is -0.380 e. The molecule has 1 N–H and O–H groups in total. The van der Waals surface area contributed by atoms with Gasteiger partial charge in [-0.15, -0.1) is 0 Å². The Bertz CT molecular complexity index is 421. The summed E-state index contributed by atoms with van der Waals surface area (Å²) in [4.78, 5) is 2.26. The van der Waals surface area contributed by atoms with E-state index in [2.05, 4.69) is 17.3 Å². The molecule has 100 valence electrons. The van der Waals surface area contributed by atoms with Crippen LogP contribution in [0.2, 0.25) is 0 Å². The van der Waals surface area contributed by atoms with Crippen molar-refractivity contribution in [3.05, 3.63) is 29.3 Å². The summed E-state index contributed by atoms with van der Waals surface area (Å²) >= 11 is 0. The second-order valence-electron chi connectivity index (χ2n) is 5.20. The summed E-state index contributed by atoms with van der Waals surface area (Å²) in [5.74, 6) is -0.524. The minimum atomic E-state index is -0.512. The van der Waals surface area contributed by atoms with Crippen molar-refractivity contribution < 1.29 is 8.78 Å². The molecule has 1 atom stereocenters. The average molecular weight is 254 g/mol. The Kier molecular flexibility index (Phi) is 4.17. The standard InChI is InChI=1S/C14H20F2N2/c1-10-5-6-12(15)14(13(10)16)17-8-11-4-3-7-18(2)9-11/h5-6,11,17H,3-4,7-9H2,1-2H3. The summed E-state index contributed by atoms with van der Waals surface area (Å²) in [6, 6.07) is 2.78. The number of nitrogens with zero attached hydrogens (tertiary/aromatic N) is 1. The third kappa shape index (κ3) is 2.99. The molecule has 18 heavy (non-hydrogen) atoms. The van der Waals surface area contributed by atoms with E-state index in [0.29, 0.717) is 18.0 Å². The summed E-state index contributed by atoms with van der Waals surface area (Å²) in [6.07, 6.45) is 2.27. The second kappa shape index (κ2) is 5.65. The van der Waals surface area contributed by atoms with E-state index in [1.54, 1.807) is 6.92 Å². The topological polar surface area (TPSA) is 15.3 Å². The van der Waals surface area contributed by atoms with E-state index in [4.69, 9.17) is 0 Å². The smallest absolute Gasteiger partial charge is 0.152 e. The van der Waals surface area contributed by atoms with Crippen LogP contribution in [0.5, 0.6) is 0 Å². The van der Waals surface area contributed by atoms with Crippen LogP contribution < -0.4 is 5.32 Å².